The molecule has 0 aliphatic carbocycles. The van der Waals surface area contributed by atoms with Crippen molar-refractivity contribution in [2.45, 2.75) is 19.9 Å². The van der Waals surface area contributed by atoms with Crippen LogP contribution in [0.2, 0.25) is 0 Å². The second kappa shape index (κ2) is 4.14. The van der Waals surface area contributed by atoms with Crippen LogP contribution in [0.1, 0.15) is 19.9 Å². The molecular formula is C11H12BrN3. The Labute approximate surface area is 97.3 Å². The molecule has 0 bridgehead atoms. The van der Waals surface area contributed by atoms with Crippen molar-refractivity contribution in [1.29, 1.82) is 0 Å². The van der Waals surface area contributed by atoms with Crippen molar-refractivity contribution in [3.8, 4) is 11.4 Å². The monoisotopic (exact) mass is 265 g/mol. The van der Waals surface area contributed by atoms with E-state index in [4.69, 9.17) is 0 Å². The van der Waals surface area contributed by atoms with Gasteiger partial charge in [-0.05, 0) is 41.9 Å². The topological polar surface area (TPSA) is 30.7 Å². The average molecular weight is 266 g/mol. The molecule has 15 heavy (non-hydrogen) atoms. The quantitative estimate of drug-likeness (QED) is 0.835. The molecule has 4 heteroatoms. The summed E-state index contributed by atoms with van der Waals surface area (Å²) in [6.07, 6.45) is 5.39. The van der Waals surface area contributed by atoms with Crippen LogP contribution in [0.3, 0.4) is 0 Å². The zero-order valence-corrected chi connectivity index (χ0v) is 10.3. The molecule has 0 unspecified atom stereocenters. The number of halogens is 1. The molecule has 3 nitrogen and oxygen atoms in total. The first-order chi connectivity index (χ1) is 7.20. The van der Waals surface area contributed by atoms with Gasteiger partial charge in [0.25, 0.3) is 0 Å². The highest BCUT2D eigenvalue weighted by molar-refractivity contribution is 9.10. The molecule has 0 aliphatic heterocycles. The van der Waals surface area contributed by atoms with Gasteiger partial charge >= 0.3 is 0 Å². The zero-order chi connectivity index (χ0) is 10.8. The number of pyridine rings is 1. The fraction of sp³-hybridized carbons (Fsp3) is 0.273. The predicted octanol–water partition coefficient (Wildman–Crippen LogP) is 3.29. The van der Waals surface area contributed by atoms with Crippen LogP contribution >= 0.6 is 15.9 Å². The lowest BCUT2D eigenvalue weighted by Crippen LogP contribution is -2.03. The van der Waals surface area contributed by atoms with E-state index >= 15 is 0 Å². The molecule has 0 aliphatic rings. The highest BCUT2D eigenvalue weighted by Gasteiger charge is 2.11. The van der Waals surface area contributed by atoms with E-state index in [2.05, 4.69) is 44.3 Å². The molecule has 0 N–H and O–H groups in total. The van der Waals surface area contributed by atoms with Crippen molar-refractivity contribution in [1.82, 2.24) is 14.5 Å². The first-order valence-electron chi connectivity index (χ1n) is 4.83. The average Bonchev–Trinajstić information content (AvgIpc) is 2.61. The van der Waals surface area contributed by atoms with Crippen LogP contribution in [0.5, 0.6) is 0 Å². The molecule has 2 aromatic heterocycles. The summed E-state index contributed by atoms with van der Waals surface area (Å²) < 4.78 is 3.15. The highest BCUT2D eigenvalue weighted by Crippen LogP contribution is 2.25. The third-order valence-corrected chi connectivity index (χ3v) is 2.79. The second-order valence-electron chi connectivity index (χ2n) is 3.60. The summed E-state index contributed by atoms with van der Waals surface area (Å²) in [5.74, 6) is 0.972. The van der Waals surface area contributed by atoms with E-state index in [0.29, 0.717) is 6.04 Å². The molecule has 2 heterocycles. The van der Waals surface area contributed by atoms with Crippen LogP contribution < -0.4 is 0 Å². The van der Waals surface area contributed by atoms with E-state index in [1.807, 2.05) is 18.3 Å². The third kappa shape index (κ3) is 1.95. The van der Waals surface area contributed by atoms with E-state index in [-0.39, 0.29) is 0 Å². The van der Waals surface area contributed by atoms with Crippen LogP contribution in [-0.4, -0.2) is 14.5 Å². The standard InChI is InChI=1S/C11H12BrN3/c1-8(2)15-10(12)7-14-11(15)9-3-5-13-6-4-9/h3-8H,1-2H3. The summed E-state index contributed by atoms with van der Waals surface area (Å²) in [4.78, 5) is 8.40. The zero-order valence-electron chi connectivity index (χ0n) is 8.68. The lowest BCUT2D eigenvalue weighted by atomic mass is 10.2. The maximum Gasteiger partial charge on any atom is 0.141 e. The Bertz CT molecular complexity index is 448. The van der Waals surface area contributed by atoms with Gasteiger partial charge in [0.1, 0.15) is 10.4 Å². The first kappa shape index (κ1) is 10.4. The predicted molar refractivity (Wildman–Crippen MR) is 63.5 cm³/mol. The van der Waals surface area contributed by atoms with E-state index in [9.17, 15) is 0 Å². The maximum atomic E-state index is 4.40. The molecule has 0 amide bonds. The number of nitrogens with zero attached hydrogens (tertiary/aromatic N) is 3. The third-order valence-electron chi connectivity index (χ3n) is 2.21. The van der Waals surface area contributed by atoms with Gasteiger partial charge in [0.2, 0.25) is 0 Å². The lowest BCUT2D eigenvalue weighted by molar-refractivity contribution is 0.596. The van der Waals surface area contributed by atoms with Crippen LogP contribution in [0, 0.1) is 0 Å². The summed E-state index contributed by atoms with van der Waals surface area (Å²) in [5, 5.41) is 0. The maximum absolute atomic E-state index is 4.40. The van der Waals surface area contributed by atoms with Gasteiger partial charge in [0, 0.05) is 24.0 Å². The van der Waals surface area contributed by atoms with Gasteiger partial charge in [-0.15, -0.1) is 0 Å². The SMILES string of the molecule is CC(C)n1c(Br)cnc1-c1ccncc1. The van der Waals surface area contributed by atoms with Crippen molar-refractivity contribution in [2.75, 3.05) is 0 Å². The Kier molecular flexibility index (Phi) is 2.86. The Morgan fingerprint density at radius 2 is 1.93 bits per heavy atom. The molecule has 2 rings (SSSR count). The van der Waals surface area contributed by atoms with Gasteiger partial charge in [0.15, 0.2) is 0 Å². The van der Waals surface area contributed by atoms with Gasteiger partial charge in [-0.3, -0.25) is 4.98 Å². The summed E-state index contributed by atoms with van der Waals surface area (Å²) in [6.45, 7) is 4.27. The van der Waals surface area contributed by atoms with Gasteiger partial charge in [-0.2, -0.15) is 0 Å². The highest BCUT2D eigenvalue weighted by atomic mass is 79.9. The Hall–Kier alpha value is -1.16. The molecule has 0 aromatic carbocycles. The Morgan fingerprint density at radius 1 is 1.27 bits per heavy atom. The number of hydrogen-bond donors (Lipinski definition) is 0. The lowest BCUT2D eigenvalue weighted by Gasteiger charge is -2.12. The fourth-order valence-corrected chi connectivity index (χ4v) is 2.23. The number of hydrogen-bond acceptors (Lipinski definition) is 2. The van der Waals surface area contributed by atoms with Crippen molar-refractivity contribution >= 4 is 15.9 Å². The Balaban J connectivity index is 2.54. The summed E-state index contributed by atoms with van der Waals surface area (Å²) in [7, 11) is 0. The Morgan fingerprint density at radius 3 is 2.53 bits per heavy atom. The molecular weight excluding hydrogens is 254 g/mol. The molecule has 0 atom stereocenters. The minimum atomic E-state index is 0.380. The van der Waals surface area contributed by atoms with Crippen molar-refractivity contribution in [3.05, 3.63) is 35.3 Å². The fourth-order valence-electron chi connectivity index (χ4n) is 1.55. The van der Waals surface area contributed by atoms with Crippen LogP contribution in [0.15, 0.2) is 35.3 Å². The largest absolute Gasteiger partial charge is 0.316 e. The van der Waals surface area contributed by atoms with Gasteiger partial charge in [0.05, 0.1) is 6.20 Å². The van der Waals surface area contributed by atoms with Gasteiger partial charge in [-0.1, -0.05) is 0 Å². The van der Waals surface area contributed by atoms with E-state index in [1.165, 1.54) is 0 Å². The molecule has 2 aromatic rings. The molecule has 0 saturated heterocycles. The van der Waals surface area contributed by atoms with E-state index in [1.54, 1.807) is 12.4 Å². The number of aromatic nitrogens is 3. The van der Waals surface area contributed by atoms with Crippen molar-refractivity contribution in [3.63, 3.8) is 0 Å². The summed E-state index contributed by atoms with van der Waals surface area (Å²) >= 11 is 3.50. The molecule has 0 saturated carbocycles. The molecule has 0 radical (unpaired) electrons. The first-order valence-corrected chi connectivity index (χ1v) is 5.62. The number of rotatable bonds is 2. The number of imidazole rings is 1. The molecule has 0 spiro atoms. The minimum absolute atomic E-state index is 0.380. The normalized spacial score (nSPS) is 10.9. The van der Waals surface area contributed by atoms with Crippen LogP contribution in [0.4, 0.5) is 0 Å². The van der Waals surface area contributed by atoms with E-state index < -0.39 is 0 Å². The van der Waals surface area contributed by atoms with Gasteiger partial charge < -0.3 is 4.57 Å². The van der Waals surface area contributed by atoms with E-state index in [0.717, 1.165) is 16.0 Å². The van der Waals surface area contributed by atoms with Crippen LogP contribution in [0.25, 0.3) is 11.4 Å². The smallest absolute Gasteiger partial charge is 0.141 e. The second-order valence-corrected chi connectivity index (χ2v) is 4.42. The van der Waals surface area contributed by atoms with Gasteiger partial charge in [-0.25, -0.2) is 4.98 Å². The summed E-state index contributed by atoms with van der Waals surface area (Å²) in [6, 6.07) is 4.31. The van der Waals surface area contributed by atoms with Crippen molar-refractivity contribution in [2.24, 2.45) is 0 Å². The van der Waals surface area contributed by atoms with Crippen molar-refractivity contribution < 1.29 is 0 Å². The minimum Gasteiger partial charge on any atom is -0.316 e. The molecule has 0 fully saturated rings. The molecule has 78 valence electrons. The van der Waals surface area contributed by atoms with Crippen LogP contribution in [-0.2, 0) is 0 Å². The summed E-state index contributed by atoms with van der Waals surface area (Å²) in [5.41, 5.74) is 1.09.